The van der Waals surface area contributed by atoms with E-state index < -0.39 is 24.5 Å². The molecular weight excluding hydrogens is 406 g/mol. The number of hydrogen-bond donors (Lipinski definition) is 3. The zero-order chi connectivity index (χ0) is 21.4. The molecule has 1 saturated heterocycles. The number of aromatic nitrogens is 5. The molecule has 0 saturated carbocycles. The van der Waals surface area contributed by atoms with Gasteiger partial charge in [0.1, 0.15) is 24.6 Å². The Hall–Kier alpha value is -3.38. The van der Waals surface area contributed by atoms with Crippen LogP contribution in [0.15, 0.2) is 58.6 Å². The van der Waals surface area contributed by atoms with Crippen LogP contribution < -0.4 is 5.56 Å². The van der Waals surface area contributed by atoms with Crippen LogP contribution in [0.2, 0.25) is 0 Å². The lowest BCUT2D eigenvalue weighted by Crippen LogP contribution is -2.35. The van der Waals surface area contributed by atoms with E-state index in [9.17, 15) is 15.0 Å². The monoisotopic (exact) mass is 425 g/mol. The fourth-order valence-corrected chi connectivity index (χ4v) is 3.62. The number of nitrogens with zero attached hydrogens (tertiary/aromatic N) is 4. The Morgan fingerprint density at radius 3 is 2.77 bits per heavy atom. The molecule has 1 aromatic carbocycles. The first kappa shape index (κ1) is 19.6. The van der Waals surface area contributed by atoms with Gasteiger partial charge in [0.15, 0.2) is 17.4 Å². The summed E-state index contributed by atoms with van der Waals surface area (Å²) in [5.41, 5.74) is 1.75. The van der Waals surface area contributed by atoms with Gasteiger partial charge in [-0.3, -0.25) is 9.36 Å². The minimum Gasteiger partial charge on any atom is -0.445 e. The first-order chi connectivity index (χ1) is 15.2. The van der Waals surface area contributed by atoms with Crippen molar-refractivity contribution in [3.63, 3.8) is 0 Å². The lowest BCUT2D eigenvalue weighted by atomic mass is 10.1. The summed E-state index contributed by atoms with van der Waals surface area (Å²) in [6.45, 7) is -0.199. The number of ether oxygens (including phenoxy) is 2. The molecule has 0 radical (unpaired) electrons. The van der Waals surface area contributed by atoms with Crippen LogP contribution in [0.25, 0.3) is 22.6 Å². The largest absolute Gasteiger partial charge is 0.445 e. The molecule has 1 aliphatic heterocycles. The normalized spacial score (nSPS) is 23.5. The lowest BCUT2D eigenvalue weighted by Gasteiger charge is -2.22. The van der Waals surface area contributed by atoms with E-state index >= 15 is 0 Å². The Labute approximate surface area is 174 Å². The molecule has 4 aromatic rings. The number of aliphatic hydroxyl groups is 2. The predicted octanol–water partition coefficient (Wildman–Crippen LogP) is 0.611. The van der Waals surface area contributed by atoms with Crippen LogP contribution >= 0.6 is 0 Å². The summed E-state index contributed by atoms with van der Waals surface area (Å²) in [6, 6.07) is 7.46. The van der Waals surface area contributed by atoms with Crippen molar-refractivity contribution in [1.82, 2.24) is 24.5 Å². The number of aliphatic hydroxyl groups excluding tert-OH is 2. The Balaban J connectivity index is 1.38. The van der Waals surface area contributed by atoms with Crippen molar-refractivity contribution >= 4 is 11.2 Å². The minimum atomic E-state index is -1.08. The number of oxazole rings is 1. The smallest absolute Gasteiger partial charge is 0.278 e. The Kier molecular flexibility index (Phi) is 5.08. The van der Waals surface area contributed by atoms with Crippen LogP contribution in [0.4, 0.5) is 0 Å². The van der Waals surface area contributed by atoms with E-state index in [0.29, 0.717) is 11.5 Å². The first-order valence-electron chi connectivity index (χ1n) is 9.60. The van der Waals surface area contributed by atoms with Gasteiger partial charge < -0.3 is 29.1 Å². The second-order valence-electron chi connectivity index (χ2n) is 7.10. The fraction of sp³-hybridized carbons (Fsp3) is 0.300. The molecular formula is C20H19N5O6. The average molecular weight is 425 g/mol. The van der Waals surface area contributed by atoms with Crippen molar-refractivity contribution < 1.29 is 24.1 Å². The second-order valence-corrected chi connectivity index (χ2v) is 7.10. The van der Waals surface area contributed by atoms with Gasteiger partial charge in [-0.05, 0) is 17.7 Å². The topological polar surface area (TPSA) is 149 Å². The summed E-state index contributed by atoms with van der Waals surface area (Å²) < 4.78 is 18.6. The van der Waals surface area contributed by atoms with Crippen LogP contribution in [0.1, 0.15) is 11.8 Å². The van der Waals surface area contributed by atoms with E-state index in [4.69, 9.17) is 13.9 Å². The molecule has 0 bridgehead atoms. The van der Waals surface area contributed by atoms with Crippen molar-refractivity contribution in [2.45, 2.75) is 31.1 Å². The molecule has 0 aliphatic carbocycles. The second kappa shape index (κ2) is 8.04. The quantitative estimate of drug-likeness (QED) is 0.404. The zero-order valence-electron chi connectivity index (χ0n) is 16.2. The molecule has 31 heavy (non-hydrogen) atoms. The highest BCUT2D eigenvalue weighted by molar-refractivity contribution is 5.68. The van der Waals surface area contributed by atoms with Gasteiger partial charge in [-0.2, -0.15) is 0 Å². The third-order valence-electron chi connectivity index (χ3n) is 5.21. The maximum Gasteiger partial charge on any atom is 0.278 e. The third kappa shape index (κ3) is 3.53. The van der Waals surface area contributed by atoms with Crippen LogP contribution in [-0.2, 0) is 16.1 Å². The van der Waals surface area contributed by atoms with Gasteiger partial charge in [-0.25, -0.2) is 15.0 Å². The van der Waals surface area contributed by atoms with Crippen molar-refractivity contribution in [3.8, 4) is 11.5 Å². The molecule has 1 fully saturated rings. The van der Waals surface area contributed by atoms with E-state index in [0.717, 1.165) is 11.1 Å². The summed E-state index contributed by atoms with van der Waals surface area (Å²) in [4.78, 5) is 26.8. The Bertz CT molecular complexity index is 1220. The van der Waals surface area contributed by atoms with Crippen molar-refractivity contribution in [2.24, 2.45) is 0 Å². The van der Waals surface area contributed by atoms with Crippen molar-refractivity contribution in [3.05, 3.63) is 65.3 Å². The van der Waals surface area contributed by atoms with Gasteiger partial charge in [0.25, 0.3) is 5.56 Å². The molecule has 11 heteroatoms. The van der Waals surface area contributed by atoms with E-state index in [1.165, 1.54) is 23.5 Å². The summed E-state index contributed by atoms with van der Waals surface area (Å²) in [5.74, 6) is 0.521. The number of rotatable bonds is 6. The van der Waals surface area contributed by atoms with E-state index in [1.807, 2.05) is 24.3 Å². The maximum absolute atomic E-state index is 12.0. The van der Waals surface area contributed by atoms with Crippen molar-refractivity contribution in [1.29, 1.82) is 0 Å². The summed E-state index contributed by atoms with van der Waals surface area (Å²) in [5, 5.41) is 20.2. The number of fused-ring (bicyclic) bond motifs is 1. The summed E-state index contributed by atoms with van der Waals surface area (Å²) in [7, 11) is 0. The van der Waals surface area contributed by atoms with Gasteiger partial charge in [-0.1, -0.05) is 12.1 Å². The van der Waals surface area contributed by atoms with Gasteiger partial charge in [0.05, 0.1) is 32.1 Å². The average Bonchev–Trinajstić information content (AvgIpc) is 3.52. The summed E-state index contributed by atoms with van der Waals surface area (Å²) >= 11 is 0. The molecule has 0 spiro atoms. The van der Waals surface area contributed by atoms with E-state index in [1.54, 1.807) is 6.20 Å². The Morgan fingerprint density at radius 2 is 2.03 bits per heavy atom. The highest BCUT2D eigenvalue weighted by Crippen LogP contribution is 2.33. The molecule has 0 amide bonds. The van der Waals surface area contributed by atoms with E-state index in [2.05, 4.69) is 19.9 Å². The number of aromatic amines is 1. The molecule has 4 atom stereocenters. The third-order valence-corrected chi connectivity index (χ3v) is 5.21. The highest BCUT2D eigenvalue weighted by Gasteiger charge is 2.46. The zero-order valence-corrected chi connectivity index (χ0v) is 16.2. The molecule has 1 aliphatic rings. The summed E-state index contributed by atoms with van der Waals surface area (Å²) in [6.07, 6.45) is 2.19. The number of benzene rings is 1. The van der Waals surface area contributed by atoms with Crippen LogP contribution in [0.3, 0.4) is 0 Å². The molecule has 3 N–H and O–H groups in total. The first-order valence-corrected chi connectivity index (χ1v) is 9.60. The Morgan fingerprint density at radius 1 is 1.19 bits per heavy atom. The molecule has 4 heterocycles. The van der Waals surface area contributed by atoms with Crippen LogP contribution in [-0.4, -0.2) is 59.6 Å². The van der Waals surface area contributed by atoms with Crippen LogP contribution in [0.5, 0.6) is 0 Å². The number of hydrogen-bond acceptors (Lipinski definition) is 9. The highest BCUT2D eigenvalue weighted by atomic mass is 16.6. The fourth-order valence-electron chi connectivity index (χ4n) is 3.62. The van der Waals surface area contributed by atoms with Gasteiger partial charge in [0, 0.05) is 5.56 Å². The lowest BCUT2D eigenvalue weighted by molar-refractivity contribution is -0.0761. The molecule has 11 nitrogen and oxygen atoms in total. The molecule has 160 valence electrons. The minimum absolute atomic E-state index is 0.147. The number of nitrogens with one attached hydrogen (secondary N) is 1. The molecule has 3 aromatic heterocycles. The predicted molar refractivity (Wildman–Crippen MR) is 106 cm³/mol. The van der Waals surface area contributed by atoms with Gasteiger partial charge in [0.2, 0.25) is 5.89 Å². The standard InChI is InChI=1S/C20H19N5O6/c26-7-13-15(27)16(20(31-13)25-10-24-14-17(25)22-9-23-18(14)28)30-8-11-1-3-12(4-2-11)19-21-5-6-29-19/h1-6,9-10,13,15-16,20,26-27H,7-8H2,(H,22,23,28)/t13-,15?,16?,20-/m1/s1. The molecule has 5 rings (SSSR count). The number of imidazole rings is 1. The van der Waals surface area contributed by atoms with E-state index in [-0.39, 0.29) is 24.3 Å². The van der Waals surface area contributed by atoms with Gasteiger partial charge in [-0.15, -0.1) is 0 Å². The molecule has 2 unspecified atom stereocenters. The SMILES string of the molecule is O=c1[nH]cnc2c1ncn2[C@@H]1O[C@H](CO)C(O)C1OCc1ccc(-c2ncco2)cc1. The maximum atomic E-state index is 12.0. The van der Waals surface area contributed by atoms with Crippen LogP contribution in [0, 0.1) is 0 Å². The number of H-pyrrole nitrogens is 1. The van der Waals surface area contributed by atoms with Crippen molar-refractivity contribution in [2.75, 3.05) is 6.61 Å². The van der Waals surface area contributed by atoms with Gasteiger partial charge >= 0.3 is 0 Å².